The lowest BCUT2D eigenvalue weighted by molar-refractivity contribution is 0.0272. The second-order valence-corrected chi connectivity index (χ2v) is 7.19. The highest BCUT2D eigenvalue weighted by Gasteiger charge is 2.23. The van der Waals surface area contributed by atoms with Gasteiger partial charge in [0.2, 0.25) is 5.82 Å². The summed E-state index contributed by atoms with van der Waals surface area (Å²) in [5.74, 6) is 0.224. The van der Waals surface area contributed by atoms with Crippen molar-refractivity contribution in [3.63, 3.8) is 0 Å². The average Bonchev–Trinajstić information content (AvgIpc) is 3.39. The Labute approximate surface area is 165 Å². The fourth-order valence-electron chi connectivity index (χ4n) is 2.70. The predicted octanol–water partition coefficient (Wildman–Crippen LogP) is 5.09. The molecule has 0 aliphatic heterocycles. The van der Waals surface area contributed by atoms with Crippen molar-refractivity contribution in [1.29, 1.82) is 0 Å². The van der Waals surface area contributed by atoms with E-state index >= 15 is 0 Å². The van der Waals surface area contributed by atoms with Crippen molar-refractivity contribution >= 4 is 17.3 Å². The third-order valence-electron chi connectivity index (χ3n) is 4.21. The lowest BCUT2D eigenvalue weighted by Crippen LogP contribution is -2.09. The molecule has 0 aliphatic rings. The molecule has 0 aliphatic carbocycles. The van der Waals surface area contributed by atoms with Crippen molar-refractivity contribution in [2.24, 2.45) is 0 Å². The van der Waals surface area contributed by atoms with Crippen LogP contribution in [0.1, 0.15) is 34.2 Å². The number of carbonyl (C=O) groups is 1. The third kappa shape index (κ3) is 3.70. The number of rotatable bonds is 5. The Morgan fingerprint density at radius 3 is 2.71 bits per heavy atom. The summed E-state index contributed by atoms with van der Waals surface area (Å²) in [7, 11) is 0. The Morgan fingerprint density at radius 1 is 1.14 bits per heavy atom. The number of hydrogen-bond acceptors (Lipinski definition) is 7. The maximum Gasteiger partial charge on any atom is 0.349 e. The van der Waals surface area contributed by atoms with Crippen LogP contribution in [-0.4, -0.2) is 21.1 Å². The summed E-state index contributed by atoms with van der Waals surface area (Å²) in [6.07, 6.45) is 2.64. The molecule has 4 aromatic rings. The van der Waals surface area contributed by atoms with E-state index in [2.05, 4.69) is 15.1 Å². The Morgan fingerprint density at radius 2 is 1.96 bits per heavy atom. The molecule has 0 N–H and O–H groups in total. The standard InChI is InChI=1S/C21H17N3O3S/c1-13-5-7-15(8-6-13)17-9-11-28-18(17)21(25)26-14(2)20-23-19(24-27-20)16-4-3-10-22-12-16/h3-12,14H,1-2H3. The summed E-state index contributed by atoms with van der Waals surface area (Å²) in [5, 5.41) is 5.81. The molecule has 4 rings (SSSR count). The van der Waals surface area contributed by atoms with Crippen LogP contribution in [0, 0.1) is 6.92 Å². The van der Waals surface area contributed by atoms with Gasteiger partial charge in [0.25, 0.3) is 5.89 Å². The van der Waals surface area contributed by atoms with Gasteiger partial charge in [-0.05, 0) is 43.0 Å². The van der Waals surface area contributed by atoms with Crippen molar-refractivity contribution in [3.8, 4) is 22.5 Å². The smallest absolute Gasteiger partial charge is 0.349 e. The number of carbonyl (C=O) groups excluding carboxylic acids is 1. The first kappa shape index (κ1) is 18.1. The summed E-state index contributed by atoms with van der Waals surface area (Å²) < 4.78 is 10.8. The fraction of sp³-hybridized carbons (Fsp3) is 0.143. The number of benzene rings is 1. The van der Waals surface area contributed by atoms with Crippen LogP contribution in [-0.2, 0) is 4.74 Å². The summed E-state index contributed by atoms with van der Waals surface area (Å²) in [6, 6.07) is 13.6. The molecule has 1 atom stereocenters. The van der Waals surface area contributed by atoms with Crippen LogP contribution < -0.4 is 0 Å². The van der Waals surface area contributed by atoms with Gasteiger partial charge in [0.05, 0.1) is 0 Å². The Kier molecular flexibility index (Phi) is 4.99. The minimum absolute atomic E-state index is 0.237. The highest BCUT2D eigenvalue weighted by atomic mass is 32.1. The first-order valence-corrected chi connectivity index (χ1v) is 9.59. The molecule has 0 amide bonds. The summed E-state index contributed by atoms with van der Waals surface area (Å²) in [5.41, 5.74) is 3.72. The summed E-state index contributed by atoms with van der Waals surface area (Å²) >= 11 is 1.35. The van der Waals surface area contributed by atoms with Gasteiger partial charge in [-0.1, -0.05) is 35.0 Å². The van der Waals surface area contributed by atoms with Crippen molar-refractivity contribution in [2.75, 3.05) is 0 Å². The van der Waals surface area contributed by atoms with Gasteiger partial charge in [0, 0.05) is 23.5 Å². The van der Waals surface area contributed by atoms with Gasteiger partial charge in [-0.15, -0.1) is 11.3 Å². The topological polar surface area (TPSA) is 78.1 Å². The number of aryl methyl sites for hydroxylation is 1. The zero-order valence-electron chi connectivity index (χ0n) is 15.3. The molecule has 28 heavy (non-hydrogen) atoms. The largest absolute Gasteiger partial charge is 0.448 e. The predicted molar refractivity (Wildman–Crippen MR) is 106 cm³/mol. The second kappa shape index (κ2) is 7.74. The third-order valence-corrected chi connectivity index (χ3v) is 5.10. The Hall–Kier alpha value is -3.32. The van der Waals surface area contributed by atoms with Crippen LogP contribution in [0.25, 0.3) is 22.5 Å². The zero-order chi connectivity index (χ0) is 19.5. The van der Waals surface area contributed by atoms with Gasteiger partial charge >= 0.3 is 5.97 Å². The van der Waals surface area contributed by atoms with Crippen LogP contribution in [0.3, 0.4) is 0 Å². The molecule has 0 spiro atoms. The van der Waals surface area contributed by atoms with Crippen LogP contribution >= 0.6 is 11.3 Å². The highest BCUT2D eigenvalue weighted by molar-refractivity contribution is 7.12. The molecule has 3 aromatic heterocycles. The second-order valence-electron chi connectivity index (χ2n) is 6.27. The Balaban J connectivity index is 1.51. The van der Waals surface area contributed by atoms with Crippen LogP contribution in [0.5, 0.6) is 0 Å². The SMILES string of the molecule is Cc1ccc(-c2ccsc2C(=O)OC(C)c2nc(-c3cccnc3)no2)cc1. The maximum atomic E-state index is 12.7. The first-order chi connectivity index (χ1) is 13.6. The van der Waals surface area contributed by atoms with Crippen molar-refractivity contribution in [3.05, 3.63) is 76.6 Å². The lowest BCUT2D eigenvalue weighted by Gasteiger charge is -2.09. The van der Waals surface area contributed by atoms with Crippen LogP contribution in [0.2, 0.25) is 0 Å². The van der Waals surface area contributed by atoms with Gasteiger partial charge in [0.15, 0.2) is 6.10 Å². The molecular weight excluding hydrogens is 374 g/mol. The van der Waals surface area contributed by atoms with E-state index in [1.54, 1.807) is 25.4 Å². The molecule has 0 saturated carbocycles. The number of nitrogens with zero attached hydrogens (tertiary/aromatic N) is 3. The molecule has 0 bridgehead atoms. The maximum absolute atomic E-state index is 12.7. The Bertz CT molecular complexity index is 1090. The van der Waals surface area contributed by atoms with Crippen molar-refractivity contribution < 1.29 is 14.1 Å². The van der Waals surface area contributed by atoms with Gasteiger partial charge in [-0.25, -0.2) is 4.79 Å². The highest BCUT2D eigenvalue weighted by Crippen LogP contribution is 2.31. The van der Waals surface area contributed by atoms with Gasteiger partial charge < -0.3 is 9.26 Å². The molecule has 7 heteroatoms. The molecule has 0 fully saturated rings. The van der Waals surface area contributed by atoms with Gasteiger partial charge in [0.1, 0.15) is 4.88 Å². The lowest BCUT2D eigenvalue weighted by atomic mass is 10.1. The quantitative estimate of drug-likeness (QED) is 0.441. The van der Waals surface area contributed by atoms with E-state index in [1.165, 1.54) is 11.3 Å². The average molecular weight is 391 g/mol. The number of ether oxygens (including phenoxy) is 1. The van der Waals surface area contributed by atoms with E-state index in [1.807, 2.05) is 48.7 Å². The zero-order valence-corrected chi connectivity index (χ0v) is 16.1. The van der Waals surface area contributed by atoms with E-state index in [4.69, 9.17) is 9.26 Å². The number of aromatic nitrogens is 3. The molecule has 140 valence electrons. The van der Waals surface area contributed by atoms with Crippen molar-refractivity contribution in [2.45, 2.75) is 20.0 Å². The minimum Gasteiger partial charge on any atom is -0.448 e. The van der Waals surface area contributed by atoms with Crippen molar-refractivity contribution in [1.82, 2.24) is 15.1 Å². The van der Waals surface area contributed by atoms with E-state index in [-0.39, 0.29) is 5.89 Å². The molecule has 1 unspecified atom stereocenters. The van der Waals surface area contributed by atoms with Crippen LogP contribution in [0.4, 0.5) is 0 Å². The fourth-order valence-corrected chi connectivity index (χ4v) is 3.50. The van der Waals surface area contributed by atoms with Gasteiger partial charge in [-0.2, -0.15) is 4.98 Å². The van der Waals surface area contributed by atoms with E-state index < -0.39 is 12.1 Å². The van der Waals surface area contributed by atoms with Gasteiger partial charge in [-0.3, -0.25) is 4.98 Å². The van der Waals surface area contributed by atoms with Crippen LogP contribution in [0.15, 0.2) is 64.8 Å². The molecule has 6 nitrogen and oxygen atoms in total. The number of esters is 1. The molecule has 3 heterocycles. The first-order valence-electron chi connectivity index (χ1n) is 8.71. The minimum atomic E-state index is -0.668. The van der Waals surface area contributed by atoms with E-state index in [0.29, 0.717) is 10.7 Å². The number of pyridine rings is 1. The molecule has 0 radical (unpaired) electrons. The summed E-state index contributed by atoms with van der Waals surface area (Å²) in [4.78, 5) is 21.6. The number of thiophene rings is 1. The van der Waals surface area contributed by atoms with E-state index in [0.717, 1.165) is 22.3 Å². The number of hydrogen-bond donors (Lipinski definition) is 0. The normalized spacial score (nSPS) is 11.9. The molecule has 1 aromatic carbocycles. The molecular formula is C21H17N3O3S. The monoisotopic (exact) mass is 391 g/mol. The molecule has 0 saturated heterocycles. The van der Waals surface area contributed by atoms with E-state index in [9.17, 15) is 4.79 Å². The summed E-state index contributed by atoms with van der Waals surface area (Å²) in [6.45, 7) is 3.73.